The van der Waals surface area contributed by atoms with Gasteiger partial charge in [0.05, 0.1) is 12.7 Å². The van der Waals surface area contributed by atoms with Crippen LogP contribution >= 0.6 is 0 Å². The zero-order valence-electron chi connectivity index (χ0n) is 9.73. The van der Waals surface area contributed by atoms with Crippen LogP contribution in [0.25, 0.3) is 10.4 Å². The average Bonchev–Trinajstić information content (AvgIpc) is 2.77. The van der Waals surface area contributed by atoms with Crippen molar-refractivity contribution < 1.29 is 19.4 Å². The summed E-state index contributed by atoms with van der Waals surface area (Å²) in [7, 11) is 0. The molecule has 0 spiro atoms. The number of hydrogen-bond acceptors (Lipinski definition) is 4. The molecule has 0 unspecified atom stereocenters. The summed E-state index contributed by atoms with van der Waals surface area (Å²) >= 11 is 0. The van der Waals surface area contributed by atoms with Crippen LogP contribution in [0, 0.1) is 0 Å². The highest BCUT2D eigenvalue weighted by Crippen LogP contribution is 2.21. The second-order valence-electron chi connectivity index (χ2n) is 3.77. The lowest BCUT2D eigenvalue weighted by molar-refractivity contribution is -0.147. The molecule has 1 aliphatic rings. The molecule has 0 radical (unpaired) electrons. The van der Waals surface area contributed by atoms with Gasteiger partial charge in [-0.3, -0.25) is 4.79 Å². The normalized spacial score (nSPS) is 22.3. The molecule has 0 saturated carbocycles. The molecule has 0 bridgehead atoms. The number of carbonyl (C=O) groups excluding carboxylic acids is 1. The first-order valence-corrected chi connectivity index (χ1v) is 5.35. The van der Waals surface area contributed by atoms with E-state index in [0.717, 1.165) is 0 Å². The maximum Gasteiger partial charge on any atom is 0.326 e. The van der Waals surface area contributed by atoms with Gasteiger partial charge in [-0.25, -0.2) is 4.79 Å². The molecule has 8 heteroatoms. The molecule has 1 rings (SSSR count). The van der Waals surface area contributed by atoms with Crippen molar-refractivity contribution in [2.24, 2.45) is 5.11 Å². The Balaban J connectivity index is 2.68. The summed E-state index contributed by atoms with van der Waals surface area (Å²) in [6, 6.07) is -0.929. The van der Waals surface area contributed by atoms with E-state index in [1.165, 1.54) is 4.90 Å². The maximum atomic E-state index is 11.7. The van der Waals surface area contributed by atoms with Gasteiger partial charge in [0.25, 0.3) is 0 Å². The minimum Gasteiger partial charge on any atom is -0.480 e. The van der Waals surface area contributed by atoms with Crippen LogP contribution in [0.5, 0.6) is 0 Å². The summed E-state index contributed by atoms with van der Waals surface area (Å²) < 4.78 is 5.34. The van der Waals surface area contributed by atoms with Gasteiger partial charge in [-0.1, -0.05) is 11.2 Å². The van der Waals surface area contributed by atoms with Gasteiger partial charge < -0.3 is 14.7 Å². The standard InChI is InChI=1S/C10H14N4O4/c1-2-3-18-7-4-8(10(16)17)14(6-7)9(15)5-12-13-11/h2,7-8H,1,3-6H2,(H,16,17)/t7-,8+/m1/s1. The van der Waals surface area contributed by atoms with Gasteiger partial charge in [-0.2, -0.15) is 0 Å². The highest BCUT2D eigenvalue weighted by molar-refractivity contribution is 5.85. The van der Waals surface area contributed by atoms with Gasteiger partial charge in [-0.05, 0) is 5.53 Å². The molecular formula is C10H14N4O4. The van der Waals surface area contributed by atoms with Gasteiger partial charge in [0, 0.05) is 17.9 Å². The lowest BCUT2D eigenvalue weighted by Gasteiger charge is -2.20. The number of ether oxygens (including phenoxy) is 1. The third-order valence-electron chi connectivity index (χ3n) is 2.59. The molecule has 18 heavy (non-hydrogen) atoms. The summed E-state index contributed by atoms with van der Waals surface area (Å²) in [4.78, 5) is 26.3. The Morgan fingerprint density at radius 1 is 1.67 bits per heavy atom. The fraction of sp³-hybridized carbons (Fsp3) is 0.600. The number of hydrogen-bond donors (Lipinski definition) is 1. The molecule has 8 nitrogen and oxygen atoms in total. The van der Waals surface area contributed by atoms with Crippen LogP contribution in [0.2, 0.25) is 0 Å². The van der Waals surface area contributed by atoms with Crippen LogP contribution in [0.3, 0.4) is 0 Å². The molecule has 0 aromatic heterocycles. The van der Waals surface area contributed by atoms with Crippen LogP contribution in [-0.4, -0.2) is 53.7 Å². The highest BCUT2D eigenvalue weighted by atomic mass is 16.5. The predicted molar refractivity (Wildman–Crippen MR) is 61.7 cm³/mol. The van der Waals surface area contributed by atoms with E-state index in [1.807, 2.05) is 0 Å². The van der Waals surface area contributed by atoms with E-state index in [9.17, 15) is 9.59 Å². The van der Waals surface area contributed by atoms with Crippen LogP contribution < -0.4 is 0 Å². The van der Waals surface area contributed by atoms with E-state index in [4.69, 9.17) is 15.4 Å². The molecule has 0 aliphatic carbocycles. The quantitative estimate of drug-likeness (QED) is 0.322. The first-order chi connectivity index (χ1) is 8.60. The summed E-state index contributed by atoms with van der Waals surface area (Å²) in [6.07, 6.45) is 1.45. The number of carbonyl (C=O) groups is 2. The van der Waals surface area contributed by atoms with Gasteiger partial charge in [0.2, 0.25) is 5.91 Å². The number of amides is 1. The molecule has 1 fully saturated rings. The molecule has 1 aliphatic heterocycles. The predicted octanol–water partition coefficient (Wildman–Crippen LogP) is 0.553. The van der Waals surface area contributed by atoms with Crippen LogP contribution in [0.1, 0.15) is 6.42 Å². The molecule has 1 N–H and O–H groups in total. The van der Waals surface area contributed by atoms with E-state index < -0.39 is 17.9 Å². The van der Waals surface area contributed by atoms with Crippen molar-refractivity contribution in [3.8, 4) is 0 Å². The lowest BCUT2D eigenvalue weighted by Crippen LogP contribution is -2.41. The van der Waals surface area contributed by atoms with Crippen LogP contribution in [0.4, 0.5) is 0 Å². The Morgan fingerprint density at radius 2 is 2.39 bits per heavy atom. The third kappa shape index (κ3) is 3.47. The smallest absolute Gasteiger partial charge is 0.326 e. The van der Waals surface area contributed by atoms with Crippen molar-refractivity contribution in [3.63, 3.8) is 0 Å². The van der Waals surface area contributed by atoms with Crippen molar-refractivity contribution in [3.05, 3.63) is 23.1 Å². The number of azide groups is 1. The first-order valence-electron chi connectivity index (χ1n) is 5.35. The van der Waals surface area contributed by atoms with Crippen LogP contribution in [-0.2, 0) is 14.3 Å². The van der Waals surface area contributed by atoms with E-state index in [1.54, 1.807) is 6.08 Å². The topological polar surface area (TPSA) is 116 Å². The second-order valence-corrected chi connectivity index (χ2v) is 3.77. The summed E-state index contributed by atoms with van der Waals surface area (Å²) in [5.74, 6) is -1.60. The lowest BCUT2D eigenvalue weighted by atomic mass is 10.2. The number of nitrogens with zero attached hydrogens (tertiary/aromatic N) is 4. The zero-order valence-corrected chi connectivity index (χ0v) is 9.73. The Bertz CT molecular complexity index is 391. The molecule has 0 aromatic carbocycles. The van der Waals surface area contributed by atoms with Gasteiger partial charge in [0.15, 0.2) is 0 Å². The Morgan fingerprint density at radius 3 is 2.94 bits per heavy atom. The summed E-state index contributed by atoms with van der Waals surface area (Å²) in [5.41, 5.74) is 8.14. The highest BCUT2D eigenvalue weighted by Gasteiger charge is 2.39. The minimum atomic E-state index is -1.09. The average molecular weight is 254 g/mol. The first kappa shape index (κ1) is 14.0. The number of carboxylic acids is 1. The fourth-order valence-electron chi connectivity index (χ4n) is 1.81. The van der Waals surface area contributed by atoms with E-state index in [2.05, 4.69) is 16.6 Å². The van der Waals surface area contributed by atoms with Crippen molar-refractivity contribution in [1.29, 1.82) is 0 Å². The molecular weight excluding hydrogens is 240 g/mol. The molecule has 98 valence electrons. The van der Waals surface area contributed by atoms with Crippen molar-refractivity contribution in [2.45, 2.75) is 18.6 Å². The maximum absolute atomic E-state index is 11.7. The molecule has 1 heterocycles. The fourth-order valence-corrected chi connectivity index (χ4v) is 1.81. The Hall–Kier alpha value is -2.05. The summed E-state index contributed by atoms with van der Waals surface area (Å²) in [6.45, 7) is 3.60. The van der Waals surface area contributed by atoms with Crippen molar-refractivity contribution in [2.75, 3.05) is 19.7 Å². The van der Waals surface area contributed by atoms with Gasteiger partial charge in [0.1, 0.15) is 12.6 Å². The van der Waals surface area contributed by atoms with Gasteiger partial charge in [-0.15, -0.1) is 6.58 Å². The molecule has 1 saturated heterocycles. The zero-order chi connectivity index (χ0) is 13.5. The SMILES string of the molecule is C=CCO[C@@H]1C[C@@H](C(=O)O)N(C(=O)CN=[N+]=[N-])C1. The molecule has 1 amide bonds. The Labute approximate surface area is 103 Å². The van der Waals surface area contributed by atoms with Gasteiger partial charge >= 0.3 is 5.97 Å². The van der Waals surface area contributed by atoms with Crippen molar-refractivity contribution in [1.82, 2.24) is 4.90 Å². The van der Waals surface area contributed by atoms with E-state index in [-0.39, 0.29) is 25.6 Å². The number of likely N-dealkylation sites (tertiary alicyclic amines) is 1. The monoisotopic (exact) mass is 254 g/mol. The van der Waals surface area contributed by atoms with E-state index >= 15 is 0 Å². The Kier molecular flexibility index (Phi) is 5.16. The number of aliphatic carboxylic acids is 1. The van der Waals surface area contributed by atoms with Crippen LogP contribution in [0.15, 0.2) is 17.8 Å². The second kappa shape index (κ2) is 6.63. The third-order valence-corrected chi connectivity index (χ3v) is 2.59. The largest absolute Gasteiger partial charge is 0.480 e. The molecule has 2 atom stereocenters. The summed E-state index contributed by atoms with van der Waals surface area (Å²) in [5, 5.41) is 12.2. The molecule has 0 aromatic rings. The van der Waals surface area contributed by atoms with Crippen molar-refractivity contribution >= 4 is 11.9 Å². The number of carboxylic acid groups (broad SMARTS) is 1. The minimum absolute atomic E-state index is 0.185. The number of rotatable bonds is 6. The van der Waals surface area contributed by atoms with E-state index in [0.29, 0.717) is 6.61 Å².